The summed E-state index contributed by atoms with van der Waals surface area (Å²) in [4.78, 5) is 18.6. The molecule has 1 aliphatic carbocycles. The number of ether oxygens (including phenoxy) is 2. The van der Waals surface area contributed by atoms with Gasteiger partial charge in [0.2, 0.25) is 0 Å². The summed E-state index contributed by atoms with van der Waals surface area (Å²) in [5, 5.41) is 5.90. The van der Waals surface area contributed by atoms with Crippen molar-refractivity contribution in [2.75, 3.05) is 19.5 Å². The number of nitrogens with one attached hydrogen (secondary N) is 1. The first kappa shape index (κ1) is 16.8. The van der Waals surface area contributed by atoms with Crippen molar-refractivity contribution >= 4 is 33.1 Å². The van der Waals surface area contributed by atoms with Gasteiger partial charge in [-0.05, 0) is 29.0 Å². The van der Waals surface area contributed by atoms with E-state index in [0.29, 0.717) is 22.2 Å². The number of carbonyl (C=O) groups is 1. The number of rotatable bonds is 4. The number of methoxy groups -OCH3 is 2. The summed E-state index contributed by atoms with van der Waals surface area (Å²) in [5.74, 6) is 0.792. The second-order valence-electron chi connectivity index (χ2n) is 6.43. The number of carbonyl (C=O) groups excluding carboxylic acids is 1. The summed E-state index contributed by atoms with van der Waals surface area (Å²) in [6, 6.07) is 17.6. The molecule has 1 aromatic heterocycles. The van der Waals surface area contributed by atoms with Crippen LogP contribution in [0.4, 0.5) is 5.13 Å². The average Bonchev–Trinajstić information content (AvgIpc) is 3.27. The van der Waals surface area contributed by atoms with Gasteiger partial charge in [0.1, 0.15) is 11.5 Å². The molecule has 1 N–H and O–H groups in total. The van der Waals surface area contributed by atoms with Gasteiger partial charge >= 0.3 is 0 Å². The van der Waals surface area contributed by atoms with Crippen LogP contribution in [0.15, 0.2) is 54.6 Å². The number of nitrogens with zero attached hydrogens (tertiary/aromatic N) is 1. The van der Waals surface area contributed by atoms with E-state index in [1.165, 1.54) is 34.8 Å². The van der Waals surface area contributed by atoms with E-state index in [0.717, 1.165) is 16.1 Å². The van der Waals surface area contributed by atoms with Crippen molar-refractivity contribution in [3.63, 3.8) is 0 Å². The Labute approximate surface area is 165 Å². The Bertz CT molecular complexity index is 1190. The first-order valence-electron chi connectivity index (χ1n) is 8.76. The van der Waals surface area contributed by atoms with Crippen LogP contribution in [0, 0.1) is 0 Å². The van der Waals surface area contributed by atoms with Crippen molar-refractivity contribution in [1.82, 2.24) is 4.98 Å². The number of hydrogen-bond acceptors (Lipinski definition) is 5. The van der Waals surface area contributed by atoms with E-state index in [-0.39, 0.29) is 5.91 Å². The van der Waals surface area contributed by atoms with Crippen LogP contribution in [-0.4, -0.2) is 25.1 Å². The summed E-state index contributed by atoms with van der Waals surface area (Å²) >= 11 is 1.48. The molecule has 0 fully saturated rings. The van der Waals surface area contributed by atoms with Gasteiger partial charge in [0.15, 0.2) is 5.13 Å². The monoisotopic (exact) mass is 388 g/mol. The zero-order chi connectivity index (χ0) is 19.3. The first-order valence-corrected chi connectivity index (χ1v) is 9.58. The van der Waals surface area contributed by atoms with Crippen molar-refractivity contribution in [3.05, 3.63) is 60.2 Å². The zero-order valence-corrected chi connectivity index (χ0v) is 16.1. The molecule has 28 heavy (non-hydrogen) atoms. The van der Waals surface area contributed by atoms with Gasteiger partial charge in [0.25, 0.3) is 5.91 Å². The standard InChI is InChI=1S/C22H16N2O3S/c1-26-13-9-10-17(27-2)16(11-13)21(25)24-22-23-19-14-7-3-5-12-6-4-8-15(18(12)14)20(19)28-22/h3-11H,1-2H3,(H,23,24,25). The minimum Gasteiger partial charge on any atom is -0.497 e. The van der Waals surface area contributed by atoms with Crippen LogP contribution in [0.1, 0.15) is 10.4 Å². The fraction of sp³-hybridized carbons (Fsp3) is 0.0909. The molecule has 0 bridgehead atoms. The lowest BCUT2D eigenvalue weighted by Crippen LogP contribution is -2.13. The smallest absolute Gasteiger partial charge is 0.261 e. The molecule has 5 rings (SSSR count). The van der Waals surface area contributed by atoms with E-state index in [4.69, 9.17) is 14.5 Å². The van der Waals surface area contributed by atoms with Crippen molar-refractivity contribution < 1.29 is 14.3 Å². The molecule has 4 aromatic rings. The minimum absolute atomic E-state index is 0.283. The predicted octanol–water partition coefficient (Wildman–Crippen LogP) is 5.21. The molecule has 0 radical (unpaired) electrons. The van der Waals surface area contributed by atoms with Crippen LogP contribution < -0.4 is 14.8 Å². The third-order valence-electron chi connectivity index (χ3n) is 4.90. The first-order chi connectivity index (χ1) is 13.7. The molecule has 138 valence electrons. The Morgan fingerprint density at radius 1 is 1.00 bits per heavy atom. The van der Waals surface area contributed by atoms with Crippen LogP contribution in [0.25, 0.3) is 32.5 Å². The number of amides is 1. The molecule has 6 heteroatoms. The van der Waals surface area contributed by atoms with E-state index in [1.54, 1.807) is 25.3 Å². The molecule has 1 aliphatic rings. The number of aromatic nitrogens is 1. The molecule has 5 nitrogen and oxygen atoms in total. The van der Waals surface area contributed by atoms with Crippen LogP contribution in [0.3, 0.4) is 0 Å². The highest BCUT2D eigenvalue weighted by molar-refractivity contribution is 7.20. The van der Waals surface area contributed by atoms with Crippen LogP contribution in [-0.2, 0) is 0 Å². The summed E-state index contributed by atoms with van der Waals surface area (Å²) in [6.07, 6.45) is 0. The number of benzene rings is 3. The van der Waals surface area contributed by atoms with Crippen molar-refractivity contribution in [2.24, 2.45) is 0 Å². The molecular weight excluding hydrogens is 372 g/mol. The van der Waals surface area contributed by atoms with E-state index in [9.17, 15) is 4.79 Å². The van der Waals surface area contributed by atoms with E-state index < -0.39 is 0 Å². The second-order valence-corrected chi connectivity index (χ2v) is 7.43. The molecule has 1 heterocycles. The molecule has 1 amide bonds. The van der Waals surface area contributed by atoms with Crippen LogP contribution >= 0.6 is 11.3 Å². The van der Waals surface area contributed by atoms with Crippen LogP contribution in [0.2, 0.25) is 0 Å². The summed E-state index contributed by atoms with van der Waals surface area (Å²) < 4.78 is 10.5. The summed E-state index contributed by atoms with van der Waals surface area (Å²) in [6.45, 7) is 0. The SMILES string of the molecule is COc1ccc(OC)c(C(=O)Nc2nc3c(s2)-c2cccc4cccc-3c24)c1. The Kier molecular flexibility index (Phi) is 3.80. The third-order valence-corrected chi connectivity index (χ3v) is 5.91. The van der Waals surface area contributed by atoms with Crippen molar-refractivity contribution in [1.29, 1.82) is 0 Å². The number of thiazole rings is 1. The van der Waals surface area contributed by atoms with Gasteiger partial charge in [-0.25, -0.2) is 4.98 Å². The molecule has 3 aromatic carbocycles. The van der Waals surface area contributed by atoms with Gasteiger partial charge in [-0.15, -0.1) is 0 Å². The zero-order valence-electron chi connectivity index (χ0n) is 15.3. The highest BCUT2D eigenvalue weighted by atomic mass is 32.1. The largest absolute Gasteiger partial charge is 0.497 e. The van der Waals surface area contributed by atoms with E-state index in [1.807, 2.05) is 6.07 Å². The van der Waals surface area contributed by atoms with Crippen LogP contribution in [0.5, 0.6) is 11.5 Å². The maximum Gasteiger partial charge on any atom is 0.261 e. The number of fused-ring (bicyclic) bond motifs is 3. The van der Waals surface area contributed by atoms with Crippen molar-refractivity contribution in [3.8, 4) is 33.2 Å². The fourth-order valence-corrected chi connectivity index (χ4v) is 4.63. The normalized spacial score (nSPS) is 11.4. The Morgan fingerprint density at radius 2 is 1.79 bits per heavy atom. The fourth-order valence-electron chi connectivity index (χ4n) is 3.62. The molecular formula is C22H16N2O3S. The molecule has 0 saturated carbocycles. The van der Waals surface area contributed by atoms with Gasteiger partial charge in [0.05, 0.1) is 30.4 Å². The summed E-state index contributed by atoms with van der Waals surface area (Å²) in [5.41, 5.74) is 3.60. The lowest BCUT2D eigenvalue weighted by Gasteiger charge is -2.09. The Morgan fingerprint density at radius 3 is 2.54 bits per heavy atom. The lowest BCUT2D eigenvalue weighted by atomic mass is 10.0. The highest BCUT2D eigenvalue weighted by Gasteiger charge is 2.26. The quantitative estimate of drug-likeness (QED) is 0.459. The predicted molar refractivity (Wildman–Crippen MR) is 112 cm³/mol. The lowest BCUT2D eigenvalue weighted by molar-refractivity contribution is 0.102. The molecule has 0 saturated heterocycles. The van der Waals surface area contributed by atoms with Gasteiger partial charge in [0, 0.05) is 11.1 Å². The minimum atomic E-state index is -0.283. The summed E-state index contributed by atoms with van der Waals surface area (Å²) in [7, 11) is 3.10. The Hall–Kier alpha value is -3.38. The van der Waals surface area contributed by atoms with Gasteiger partial charge < -0.3 is 9.47 Å². The van der Waals surface area contributed by atoms with Gasteiger partial charge in [-0.1, -0.05) is 47.7 Å². The van der Waals surface area contributed by atoms with Crippen molar-refractivity contribution in [2.45, 2.75) is 0 Å². The maximum absolute atomic E-state index is 12.8. The van der Waals surface area contributed by atoms with Gasteiger partial charge in [-0.2, -0.15) is 0 Å². The van der Waals surface area contributed by atoms with E-state index in [2.05, 4.69) is 35.6 Å². The number of anilines is 1. The van der Waals surface area contributed by atoms with Gasteiger partial charge in [-0.3, -0.25) is 10.1 Å². The van der Waals surface area contributed by atoms with E-state index >= 15 is 0 Å². The number of hydrogen-bond donors (Lipinski definition) is 1. The topological polar surface area (TPSA) is 60.5 Å². The molecule has 0 unspecified atom stereocenters. The molecule has 0 atom stereocenters. The maximum atomic E-state index is 12.8. The third kappa shape index (κ3) is 2.46. The average molecular weight is 388 g/mol. The molecule has 0 spiro atoms. The highest BCUT2D eigenvalue weighted by Crippen LogP contribution is 2.50. The molecule has 0 aliphatic heterocycles. The second kappa shape index (κ2) is 6.35. The Balaban J connectivity index is 1.52.